The summed E-state index contributed by atoms with van der Waals surface area (Å²) in [4.78, 5) is 70.8. The molecule has 2 heterocycles. The summed E-state index contributed by atoms with van der Waals surface area (Å²) in [6.07, 6.45) is 2.39. The van der Waals surface area contributed by atoms with Gasteiger partial charge < -0.3 is 10.2 Å². The number of phenolic OH excluding ortho intramolecular Hbond substituents is 1. The van der Waals surface area contributed by atoms with Gasteiger partial charge in [-0.15, -0.1) is 0 Å². The summed E-state index contributed by atoms with van der Waals surface area (Å²) in [5.41, 5.74) is 1.13. The minimum absolute atomic E-state index is 0.0117. The lowest BCUT2D eigenvalue weighted by molar-refractivity contribution is -0.142. The van der Waals surface area contributed by atoms with E-state index in [0.29, 0.717) is 21.8 Å². The summed E-state index contributed by atoms with van der Waals surface area (Å²) in [5, 5.41) is 19.7. The number of carbonyl (C=O) groups excluding carboxylic acids is 4. The van der Waals surface area contributed by atoms with Gasteiger partial charge in [0, 0.05) is 23.9 Å². The van der Waals surface area contributed by atoms with E-state index in [-0.39, 0.29) is 49.8 Å². The smallest absolute Gasteiger partial charge is 0.303 e. The molecule has 0 unspecified atom stereocenters. The minimum atomic E-state index is -1.39. The molecule has 6 atom stereocenters. The molecule has 4 amide bonds. The Balaban J connectivity index is 1.41. The first-order valence-corrected chi connectivity index (χ1v) is 15.8. The third kappa shape index (κ3) is 4.40. The van der Waals surface area contributed by atoms with Gasteiger partial charge in [-0.25, -0.2) is 4.90 Å². The molecular weight excluding hydrogens is 608 g/mol. The standard InChI is InChI=1S/C36H31ClN2O7/c37-22-8-4-9-23(18-22)39-33(44)28-19-27-25(15-16-26-30(27)34(45)38(32(26)43)17-5-10-29(41)42)31(20-11-13-24(40)14-12-20)36(28,35(39)46)21-6-2-1-3-7-21/h1-4,6-9,11-15,18,26-28,30-31,40H,5,10,16-17,19H2,(H,41,42)/t26-,27+,28-,30-,31-,36+/m0/s1. The maximum absolute atomic E-state index is 15.1. The summed E-state index contributed by atoms with van der Waals surface area (Å²) in [7, 11) is 0. The lowest BCUT2D eigenvalue weighted by Crippen LogP contribution is -2.53. The fourth-order valence-corrected chi connectivity index (χ4v) is 8.64. The summed E-state index contributed by atoms with van der Waals surface area (Å²) in [6.45, 7) is 0.0117. The van der Waals surface area contributed by atoms with E-state index >= 15 is 4.79 Å². The molecule has 3 aromatic carbocycles. The molecule has 3 aromatic rings. The van der Waals surface area contributed by atoms with E-state index < -0.39 is 52.8 Å². The highest BCUT2D eigenvalue weighted by atomic mass is 35.5. The van der Waals surface area contributed by atoms with E-state index in [0.717, 1.165) is 5.57 Å². The molecule has 4 aliphatic rings. The average molecular weight is 639 g/mol. The molecule has 2 aliphatic heterocycles. The molecular formula is C36H31ClN2O7. The first-order valence-electron chi connectivity index (χ1n) is 15.4. The normalized spacial score (nSPS) is 28.5. The maximum Gasteiger partial charge on any atom is 0.303 e. The maximum atomic E-state index is 15.1. The number of likely N-dealkylation sites (tertiary alicyclic amines) is 1. The lowest BCUT2D eigenvalue weighted by Gasteiger charge is -2.50. The van der Waals surface area contributed by atoms with Gasteiger partial charge >= 0.3 is 5.97 Å². The van der Waals surface area contributed by atoms with E-state index in [1.165, 1.54) is 9.80 Å². The first-order chi connectivity index (χ1) is 22.1. The summed E-state index contributed by atoms with van der Waals surface area (Å²) in [5.74, 6) is -5.93. The molecule has 9 nitrogen and oxygen atoms in total. The number of allylic oxidation sites excluding steroid dienone is 2. The van der Waals surface area contributed by atoms with Crippen LogP contribution in [0, 0.1) is 23.7 Å². The van der Waals surface area contributed by atoms with Gasteiger partial charge in [0.05, 0.1) is 28.9 Å². The largest absolute Gasteiger partial charge is 0.508 e. The van der Waals surface area contributed by atoms with Gasteiger partial charge in [0.15, 0.2) is 0 Å². The zero-order chi connectivity index (χ0) is 32.3. The Bertz CT molecular complexity index is 1810. The van der Waals surface area contributed by atoms with Crippen molar-refractivity contribution >= 4 is 46.9 Å². The molecule has 0 spiro atoms. The molecule has 7 rings (SSSR count). The molecule has 3 fully saturated rings. The Morgan fingerprint density at radius 3 is 2.33 bits per heavy atom. The number of carboxylic acids is 1. The lowest BCUT2D eigenvalue weighted by atomic mass is 9.49. The predicted molar refractivity (Wildman–Crippen MR) is 168 cm³/mol. The van der Waals surface area contributed by atoms with Gasteiger partial charge in [-0.2, -0.15) is 0 Å². The number of imide groups is 2. The third-order valence-electron chi connectivity index (χ3n) is 10.3. The van der Waals surface area contributed by atoms with Crippen LogP contribution in [0.25, 0.3) is 0 Å². The number of anilines is 1. The highest BCUT2D eigenvalue weighted by molar-refractivity contribution is 6.32. The Morgan fingerprint density at radius 2 is 1.63 bits per heavy atom. The van der Waals surface area contributed by atoms with Crippen molar-refractivity contribution < 1.29 is 34.2 Å². The second-order valence-corrected chi connectivity index (χ2v) is 12.9. The second-order valence-electron chi connectivity index (χ2n) is 12.5. The molecule has 2 aliphatic carbocycles. The third-order valence-corrected chi connectivity index (χ3v) is 10.5. The zero-order valence-electron chi connectivity index (χ0n) is 24.7. The van der Waals surface area contributed by atoms with Gasteiger partial charge in [0.1, 0.15) is 5.75 Å². The van der Waals surface area contributed by atoms with E-state index in [4.69, 9.17) is 16.7 Å². The summed E-state index contributed by atoms with van der Waals surface area (Å²) in [6, 6.07) is 22.4. The molecule has 2 saturated heterocycles. The molecule has 0 aromatic heterocycles. The number of aliphatic carboxylic acids is 1. The number of hydrogen-bond donors (Lipinski definition) is 2. The number of carbonyl (C=O) groups is 5. The monoisotopic (exact) mass is 638 g/mol. The van der Waals surface area contributed by atoms with E-state index in [2.05, 4.69) is 0 Å². The van der Waals surface area contributed by atoms with Crippen molar-refractivity contribution in [3.63, 3.8) is 0 Å². The number of carboxylic acid groups (broad SMARTS) is 1. The van der Waals surface area contributed by atoms with Crippen molar-refractivity contribution in [2.45, 2.75) is 37.0 Å². The van der Waals surface area contributed by atoms with Crippen molar-refractivity contribution in [2.24, 2.45) is 23.7 Å². The number of hydrogen-bond acceptors (Lipinski definition) is 6. The van der Waals surface area contributed by atoms with E-state index in [1.54, 1.807) is 48.5 Å². The van der Waals surface area contributed by atoms with Crippen molar-refractivity contribution in [1.29, 1.82) is 0 Å². The van der Waals surface area contributed by atoms with Crippen LogP contribution in [-0.4, -0.2) is 51.3 Å². The number of nitrogens with zero attached hydrogens (tertiary/aromatic N) is 2. The van der Waals surface area contributed by atoms with Crippen LogP contribution in [0.4, 0.5) is 5.69 Å². The van der Waals surface area contributed by atoms with Crippen LogP contribution in [-0.2, 0) is 29.4 Å². The molecule has 0 radical (unpaired) electrons. The van der Waals surface area contributed by atoms with Crippen LogP contribution in [0.2, 0.25) is 5.02 Å². The van der Waals surface area contributed by atoms with Crippen LogP contribution in [0.5, 0.6) is 5.75 Å². The Labute approximate surface area is 270 Å². The quantitative estimate of drug-likeness (QED) is 0.273. The fourth-order valence-electron chi connectivity index (χ4n) is 8.46. The summed E-state index contributed by atoms with van der Waals surface area (Å²) >= 11 is 6.33. The highest BCUT2D eigenvalue weighted by Gasteiger charge is 2.70. The van der Waals surface area contributed by atoms with E-state index in [1.807, 2.05) is 36.4 Å². The van der Waals surface area contributed by atoms with Gasteiger partial charge in [-0.3, -0.25) is 28.9 Å². The molecule has 10 heteroatoms. The van der Waals surface area contributed by atoms with Crippen molar-refractivity contribution in [3.8, 4) is 5.75 Å². The summed E-state index contributed by atoms with van der Waals surface area (Å²) < 4.78 is 0. The van der Waals surface area contributed by atoms with Gasteiger partial charge in [0.25, 0.3) is 0 Å². The van der Waals surface area contributed by atoms with Gasteiger partial charge in [-0.1, -0.05) is 71.8 Å². The topological polar surface area (TPSA) is 132 Å². The van der Waals surface area contributed by atoms with Gasteiger partial charge in [-0.05, 0) is 66.6 Å². The average Bonchev–Trinajstić information content (AvgIpc) is 3.42. The fraction of sp³-hybridized carbons (Fsp3) is 0.306. The number of rotatable bonds is 7. The van der Waals surface area contributed by atoms with E-state index in [9.17, 15) is 24.3 Å². The van der Waals surface area contributed by atoms with Crippen LogP contribution in [0.1, 0.15) is 42.7 Å². The first kappa shape index (κ1) is 29.9. The molecule has 46 heavy (non-hydrogen) atoms. The van der Waals surface area contributed by atoms with Crippen molar-refractivity contribution in [1.82, 2.24) is 4.90 Å². The van der Waals surface area contributed by atoms with Crippen LogP contribution < -0.4 is 4.90 Å². The van der Waals surface area contributed by atoms with Crippen LogP contribution in [0.3, 0.4) is 0 Å². The second kappa shape index (κ2) is 11.2. The minimum Gasteiger partial charge on any atom is -0.508 e. The number of fused-ring (bicyclic) bond motifs is 4. The Morgan fingerprint density at radius 1 is 0.891 bits per heavy atom. The Hall–Kier alpha value is -4.76. The molecule has 0 bridgehead atoms. The SMILES string of the molecule is O=C(O)CCCN1C(=O)[C@H]2[C@H](CC=C3[C@H]2C[C@H]2C(=O)N(c4cccc(Cl)c4)C(=O)[C@@]2(c2ccccc2)[C@H]3c2ccc(O)cc2)C1=O. The number of amides is 4. The molecule has 1 saturated carbocycles. The number of benzene rings is 3. The van der Waals surface area contributed by atoms with Crippen LogP contribution >= 0.6 is 11.6 Å². The van der Waals surface area contributed by atoms with Crippen molar-refractivity contribution in [3.05, 3.63) is 107 Å². The predicted octanol–water partition coefficient (Wildman–Crippen LogP) is 5.07. The zero-order valence-corrected chi connectivity index (χ0v) is 25.5. The molecule has 2 N–H and O–H groups in total. The van der Waals surface area contributed by atoms with Crippen LogP contribution in [0.15, 0.2) is 90.5 Å². The highest BCUT2D eigenvalue weighted by Crippen LogP contribution is 2.64. The molecule has 234 valence electrons. The number of aromatic hydroxyl groups is 1. The van der Waals surface area contributed by atoms with Crippen molar-refractivity contribution in [2.75, 3.05) is 11.4 Å². The Kier molecular flexibility index (Phi) is 7.31. The van der Waals surface area contributed by atoms with Gasteiger partial charge in [0.2, 0.25) is 23.6 Å². The number of phenols is 1. The number of halogens is 1.